The highest BCUT2D eigenvalue weighted by Crippen LogP contribution is 2.58. The highest BCUT2D eigenvalue weighted by molar-refractivity contribution is 7.55. The molecule has 1 aliphatic rings. The molecule has 39 heavy (non-hydrogen) atoms. The summed E-state index contributed by atoms with van der Waals surface area (Å²) in [6.45, 7) is 10.4. The Kier molecular flexibility index (Phi) is 9.41. The third-order valence-corrected chi connectivity index (χ3v) is 7.08. The Morgan fingerprint density at radius 1 is 1.10 bits per heavy atom. The van der Waals surface area contributed by atoms with Crippen molar-refractivity contribution in [1.29, 1.82) is 0 Å². The largest absolute Gasteiger partial charge is 0.579 e. The average Bonchev–Trinajstić information content (AvgIpc) is 3.40. The number of nitrogens with two attached hydrogens (primary N) is 1. The first kappa shape index (κ1) is 30.9. The SMILES string of the molecule is Cc1cn(C2CCC(CO[P+](O)(OCOC(=O)C(C)(C)C)OCOC(=O)C(C)(C)C)O2)c2nc(N)[nH]c(=O)c12. The first-order valence-corrected chi connectivity index (χ1v) is 13.9. The lowest BCUT2D eigenvalue weighted by Crippen LogP contribution is -2.26. The number of aromatic amines is 1. The number of ether oxygens (including phenoxy) is 3. The lowest BCUT2D eigenvalue weighted by atomic mass is 9.98. The van der Waals surface area contributed by atoms with Gasteiger partial charge in [0.1, 0.15) is 12.8 Å². The van der Waals surface area contributed by atoms with E-state index in [9.17, 15) is 19.3 Å². The predicted molar refractivity (Wildman–Crippen MR) is 141 cm³/mol. The summed E-state index contributed by atoms with van der Waals surface area (Å²) in [4.78, 5) is 54.1. The van der Waals surface area contributed by atoms with Crippen LogP contribution in [0.3, 0.4) is 0 Å². The Labute approximate surface area is 226 Å². The number of aryl methyl sites for hydroxylation is 1. The van der Waals surface area contributed by atoms with E-state index in [1.165, 1.54) is 0 Å². The minimum absolute atomic E-state index is 0.00628. The fourth-order valence-electron chi connectivity index (χ4n) is 3.60. The number of carbonyl (C=O) groups excluding carboxylic acids is 2. The fourth-order valence-corrected chi connectivity index (χ4v) is 4.55. The van der Waals surface area contributed by atoms with Gasteiger partial charge in [-0.1, -0.05) is 0 Å². The number of rotatable bonds is 10. The summed E-state index contributed by atoms with van der Waals surface area (Å²) in [7, 11) is -4.09. The van der Waals surface area contributed by atoms with Crippen molar-refractivity contribution in [2.45, 2.75) is 73.6 Å². The zero-order valence-electron chi connectivity index (χ0n) is 23.3. The Morgan fingerprint density at radius 2 is 1.67 bits per heavy atom. The number of aromatic nitrogens is 3. The minimum Gasteiger partial charge on any atom is -0.433 e. The second kappa shape index (κ2) is 11.9. The van der Waals surface area contributed by atoms with Gasteiger partial charge in [0.25, 0.3) is 5.56 Å². The van der Waals surface area contributed by atoms with Gasteiger partial charge in [0.15, 0.2) is 5.65 Å². The maximum Gasteiger partial charge on any atom is 0.579 e. The molecule has 0 bridgehead atoms. The van der Waals surface area contributed by atoms with E-state index in [0.717, 1.165) is 5.56 Å². The third kappa shape index (κ3) is 7.96. The number of H-pyrrole nitrogens is 1. The molecule has 0 saturated carbocycles. The second-order valence-electron chi connectivity index (χ2n) is 11.3. The van der Waals surface area contributed by atoms with E-state index in [4.69, 9.17) is 33.5 Å². The van der Waals surface area contributed by atoms with E-state index in [1.807, 2.05) is 0 Å². The molecule has 2 unspecified atom stereocenters. The second-order valence-corrected chi connectivity index (χ2v) is 13.0. The number of nitrogens with one attached hydrogen (secondary N) is 1. The average molecular weight is 574 g/mol. The van der Waals surface area contributed by atoms with Crippen LogP contribution in [0.4, 0.5) is 5.95 Å². The zero-order chi connectivity index (χ0) is 29.2. The standard InChI is InChI=1S/C24H37N4O10P/c1-14-10-28(18-17(14)19(29)27-22(25)26-18)16-9-8-15(38-16)11-35-39(32,36-12-33-20(30)23(2,3)4)37-13-34-21(31)24(5,6)7/h10,15-16,32H,8-9,11-13H2,1-7H3,(H2-,25,26,27,29)/p+1. The smallest absolute Gasteiger partial charge is 0.433 e. The molecule has 4 N–H and O–H groups in total. The summed E-state index contributed by atoms with van der Waals surface area (Å²) >= 11 is 0. The number of hydrogen-bond acceptors (Lipinski definition) is 12. The molecule has 0 radical (unpaired) electrons. The van der Waals surface area contributed by atoms with Crippen LogP contribution in [-0.4, -0.2) is 57.7 Å². The number of esters is 2. The molecule has 15 heteroatoms. The zero-order valence-corrected chi connectivity index (χ0v) is 24.2. The highest BCUT2D eigenvalue weighted by Gasteiger charge is 2.48. The highest BCUT2D eigenvalue weighted by atomic mass is 31.2. The number of carbonyl (C=O) groups is 2. The number of hydrogen-bond donors (Lipinski definition) is 3. The molecule has 1 saturated heterocycles. The molecule has 0 amide bonds. The topological polar surface area (TPSA) is 186 Å². The monoisotopic (exact) mass is 573 g/mol. The lowest BCUT2D eigenvalue weighted by molar-refractivity contribution is -0.165. The van der Waals surface area contributed by atoms with Crippen LogP contribution in [0.5, 0.6) is 0 Å². The van der Waals surface area contributed by atoms with Crippen molar-refractivity contribution in [2.24, 2.45) is 10.8 Å². The number of nitrogens with zero attached hydrogens (tertiary/aromatic N) is 2. The van der Waals surface area contributed by atoms with E-state index < -0.39 is 56.9 Å². The molecule has 0 spiro atoms. The summed E-state index contributed by atoms with van der Waals surface area (Å²) in [5.41, 5.74) is 4.94. The first-order chi connectivity index (χ1) is 18.0. The maximum atomic E-state index is 12.3. The fraction of sp³-hybridized carbons (Fsp3) is 0.667. The third-order valence-electron chi connectivity index (χ3n) is 5.75. The van der Waals surface area contributed by atoms with E-state index in [2.05, 4.69) is 9.97 Å². The van der Waals surface area contributed by atoms with Crippen molar-refractivity contribution in [3.63, 3.8) is 0 Å². The molecule has 1 aliphatic heterocycles. The van der Waals surface area contributed by atoms with Crippen LogP contribution < -0.4 is 11.3 Å². The van der Waals surface area contributed by atoms with Crippen molar-refractivity contribution >= 4 is 37.1 Å². The summed E-state index contributed by atoms with van der Waals surface area (Å²) < 4.78 is 34.1. The summed E-state index contributed by atoms with van der Waals surface area (Å²) in [6.07, 6.45) is 1.93. The molecule has 2 aromatic rings. The van der Waals surface area contributed by atoms with Gasteiger partial charge in [-0.25, -0.2) is 0 Å². The molecule has 0 aliphatic carbocycles. The molecule has 0 aromatic carbocycles. The Balaban J connectivity index is 1.64. The maximum absolute atomic E-state index is 12.3. The van der Waals surface area contributed by atoms with Crippen LogP contribution in [0, 0.1) is 17.8 Å². The molecular weight excluding hydrogens is 535 g/mol. The number of fused-ring (bicyclic) bond motifs is 1. The molecule has 14 nitrogen and oxygen atoms in total. The van der Waals surface area contributed by atoms with Gasteiger partial charge in [-0.2, -0.15) is 14.4 Å². The summed E-state index contributed by atoms with van der Waals surface area (Å²) in [5.74, 6) is -1.12. The van der Waals surface area contributed by atoms with Gasteiger partial charge in [0.05, 0.1) is 22.3 Å². The van der Waals surface area contributed by atoms with Crippen molar-refractivity contribution in [3.05, 3.63) is 22.1 Å². The molecule has 2 atom stereocenters. The van der Waals surface area contributed by atoms with E-state index in [1.54, 1.807) is 59.2 Å². The predicted octanol–water partition coefficient (Wildman–Crippen LogP) is 3.11. The van der Waals surface area contributed by atoms with E-state index in [0.29, 0.717) is 23.9 Å². The Morgan fingerprint density at radius 3 is 2.21 bits per heavy atom. The van der Waals surface area contributed by atoms with Crippen LogP contribution in [0.15, 0.2) is 11.0 Å². The van der Waals surface area contributed by atoms with Crippen molar-refractivity contribution in [1.82, 2.24) is 14.5 Å². The van der Waals surface area contributed by atoms with Crippen LogP contribution >= 0.6 is 8.17 Å². The van der Waals surface area contributed by atoms with Gasteiger partial charge in [0.2, 0.25) is 19.5 Å². The van der Waals surface area contributed by atoms with Gasteiger partial charge < -0.3 is 24.5 Å². The van der Waals surface area contributed by atoms with E-state index in [-0.39, 0.29) is 18.1 Å². The quantitative estimate of drug-likeness (QED) is 0.214. The molecule has 3 rings (SSSR count). The van der Waals surface area contributed by atoms with Crippen LogP contribution in [0.2, 0.25) is 0 Å². The van der Waals surface area contributed by atoms with Crippen molar-refractivity contribution < 1.29 is 42.3 Å². The van der Waals surface area contributed by atoms with Gasteiger partial charge in [-0.3, -0.25) is 19.4 Å². The van der Waals surface area contributed by atoms with Crippen molar-refractivity contribution in [3.8, 4) is 0 Å². The normalized spacial score (nSPS) is 18.5. The van der Waals surface area contributed by atoms with Crippen LogP contribution in [0.25, 0.3) is 11.0 Å². The number of nitrogen functional groups attached to an aromatic ring is 1. The summed E-state index contributed by atoms with van der Waals surface area (Å²) in [6, 6.07) is 0. The van der Waals surface area contributed by atoms with Gasteiger partial charge in [-0.15, -0.1) is 9.05 Å². The summed E-state index contributed by atoms with van der Waals surface area (Å²) in [5, 5.41) is 0.421. The molecule has 3 heterocycles. The Hall–Kier alpha value is -2.61. The van der Waals surface area contributed by atoms with Gasteiger partial charge >= 0.3 is 20.1 Å². The molecule has 2 aromatic heterocycles. The van der Waals surface area contributed by atoms with Gasteiger partial charge in [0, 0.05) is 6.20 Å². The molecular formula is C24H38N4O10P+. The minimum atomic E-state index is -4.09. The van der Waals surface area contributed by atoms with Crippen LogP contribution in [0.1, 0.15) is 66.2 Å². The molecule has 1 fully saturated rings. The lowest BCUT2D eigenvalue weighted by Gasteiger charge is -2.20. The van der Waals surface area contributed by atoms with Gasteiger partial charge in [-0.05, 0) is 66.9 Å². The Bertz CT molecular complexity index is 1210. The number of anilines is 1. The van der Waals surface area contributed by atoms with Crippen molar-refractivity contribution in [2.75, 3.05) is 25.9 Å². The van der Waals surface area contributed by atoms with Crippen LogP contribution in [-0.2, 0) is 37.4 Å². The first-order valence-electron chi connectivity index (χ1n) is 12.4. The van der Waals surface area contributed by atoms with E-state index >= 15 is 0 Å². The molecule has 218 valence electrons.